The van der Waals surface area contributed by atoms with Crippen molar-refractivity contribution in [1.82, 2.24) is 10.6 Å². The Morgan fingerprint density at radius 2 is 2.04 bits per heavy atom. The normalized spacial score (nSPS) is 24.3. The summed E-state index contributed by atoms with van der Waals surface area (Å²) >= 11 is 0. The van der Waals surface area contributed by atoms with Crippen molar-refractivity contribution in [1.29, 1.82) is 0 Å². The maximum atomic E-state index is 11.6. The predicted octanol–water partition coefficient (Wildman–Crippen LogP) is 1.05. The van der Waals surface area contributed by atoms with E-state index in [9.17, 15) is 8.42 Å². The molecule has 2 N–H and O–H groups in total. The van der Waals surface area contributed by atoms with Crippen molar-refractivity contribution in [2.75, 3.05) is 24.8 Å². The molecule has 1 aliphatic carbocycles. The molecular weight excluding hydrogens is 342 g/mol. The first kappa shape index (κ1) is 16.5. The van der Waals surface area contributed by atoms with E-state index in [1.165, 1.54) is 0 Å². The summed E-state index contributed by atoms with van der Waals surface area (Å²) in [5, 5.41) is 6.70. The van der Waals surface area contributed by atoms with Crippen LogP contribution in [0.3, 0.4) is 0 Å². The average molecular weight is 365 g/mol. The van der Waals surface area contributed by atoms with E-state index >= 15 is 0 Å². The first-order valence-electron chi connectivity index (χ1n) is 8.71. The fraction of sp³-hybridized carbons (Fsp3) is 0.588. The van der Waals surface area contributed by atoms with Gasteiger partial charge in [0.25, 0.3) is 0 Å². The van der Waals surface area contributed by atoms with E-state index in [1.807, 2.05) is 18.2 Å². The van der Waals surface area contributed by atoms with Crippen molar-refractivity contribution in [3.63, 3.8) is 0 Å². The molecule has 2 heterocycles. The van der Waals surface area contributed by atoms with E-state index in [4.69, 9.17) is 9.47 Å². The smallest absolute Gasteiger partial charge is 0.231 e. The van der Waals surface area contributed by atoms with Crippen LogP contribution >= 0.6 is 0 Å². The predicted molar refractivity (Wildman–Crippen MR) is 94.6 cm³/mol. The quantitative estimate of drug-likeness (QED) is 0.599. The number of ether oxygens (including phenoxy) is 2. The summed E-state index contributed by atoms with van der Waals surface area (Å²) in [6.07, 6.45) is 3.04. The van der Waals surface area contributed by atoms with Crippen molar-refractivity contribution in [2.24, 2.45) is 10.9 Å². The van der Waals surface area contributed by atoms with Crippen LogP contribution in [0.2, 0.25) is 0 Å². The molecule has 2 aliphatic heterocycles. The standard InChI is InChI=1S/C17H23N3O4S/c21-25(22)6-5-13(10-25)9-19-17(20-14-2-3-14)18-8-12-1-4-15-16(7-12)24-11-23-15/h1,4,7,13-14H,2-3,5-6,8-11H2,(H2,18,19,20). The number of rotatable bonds is 5. The minimum atomic E-state index is -2.84. The first-order chi connectivity index (χ1) is 12.1. The van der Waals surface area contributed by atoms with E-state index in [-0.39, 0.29) is 18.5 Å². The van der Waals surface area contributed by atoms with Crippen LogP contribution in [0.1, 0.15) is 24.8 Å². The summed E-state index contributed by atoms with van der Waals surface area (Å²) in [5.74, 6) is 3.03. The third-order valence-corrected chi connectivity index (χ3v) is 6.50. The third-order valence-electron chi connectivity index (χ3n) is 4.66. The Hall–Kier alpha value is -1.96. The number of nitrogens with one attached hydrogen (secondary N) is 2. The summed E-state index contributed by atoms with van der Waals surface area (Å²) in [4.78, 5) is 4.65. The van der Waals surface area contributed by atoms with Crippen molar-refractivity contribution >= 4 is 15.8 Å². The van der Waals surface area contributed by atoms with Crippen molar-refractivity contribution < 1.29 is 17.9 Å². The number of hydrogen-bond acceptors (Lipinski definition) is 5. The van der Waals surface area contributed by atoms with Gasteiger partial charge in [-0.05, 0) is 42.9 Å². The number of guanidine groups is 1. The number of benzene rings is 1. The van der Waals surface area contributed by atoms with Gasteiger partial charge in [0.1, 0.15) is 0 Å². The highest BCUT2D eigenvalue weighted by Crippen LogP contribution is 2.32. The van der Waals surface area contributed by atoms with Crippen LogP contribution in [0.5, 0.6) is 11.5 Å². The molecule has 25 heavy (non-hydrogen) atoms. The Balaban J connectivity index is 1.37. The molecule has 1 unspecified atom stereocenters. The molecular formula is C17H23N3O4S. The average Bonchev–Trinajstić information content (AvgIpc) is 3.15. The Morgan fingerprint density at radius 1 is 1.20 bits per heavy atom. The monoisotopic (exact) mass is 365 g/mol. The van der Waals surface area contributed by atoms with Crippen LogP contribution in [0.25, 0.3) is 0 Å². The molecule has 0 radical (unpaired) electrons. The highest BCUT2D eigenvalue weighted by Gasteiger charge is 2.28. The SMILES string of the molecule is O=S1(=O)CCC(CNC(=NCc2ccc3c(c2)OCO3)NC2CC2)C1. The molecule has 0 aromatic heterocycles. The van der Waals surface area contributed by atoms with Gasteiger partial charge in [0.2, 0.25) is 6.79 Å². The number of fused-ring (bicyclic) bond motifs is 1. The molecule has 7 nitrogen and oxygen atoms in total. The summed E-state index contributed by atoms with van der Waals surface area (Å²) in [7, 11) is -2.84. The van der Waals surface area contributed by atoms with E-state index in [1.54, 1.807) is 0 Å². The molecule has 1 atom stereocenters. The minimum Gasteiger partial charge on any atom is -0.454 e. The first-order valence-corrected chi connectivity index (χ1v) is 10.5. The molecule has 1 saturated heterocycles. The summed E-state index contributed by atoms with van der Waals surface area (Å²) in [6.45, 7) is 1.43. The zero-order valence-corrected chi connectivity index (χ0v) is 14.8. The van der Waals surface area contributed by atoms with Gasteiger partial charge in [0.05, 0.1) is 18.1 Å². The minimum absolute atomic E-state index is 0.168. The van der Waals surface area contributed by atoms with Gasteiger partial charge in [-0.25, -0.2) is 13.4 Å². The van der Waals surface area contributed by atoms with Crippen LogP contribution in [-0.2, 0) is 16.4 Å². The zero-order chi connectivity index (χ0) is 17.3. The second-order valence-corrected chi connectivity index (χ2v) is 9.15. The van der Waals surface area contributed by atoms with Crippen LogP contribution in [-0.4, -0.2) is 45.3 Å². The molecule has 0 bridgehead atoms. The fourth-order valence-electron chi connectivity index (χ4n) is 3.06. The van der Waals surface area contributed by atoms with Crippen LogP contribution in [0.4, 0.5) is 0 Å². The lowest BCUT2D eigenvalue weighted by Crippen LogP contribution is -2.41. The topological polar surface area (TPSA) is 89.0 Å². The highest BCUT2D eigenvalue weighted by molar-refractivity contribution is 7.91. The second kappa shape index (κ2) is 6.74. The van der Waals surface area contributed by atoms with Crippen LogP contribution in [0.15, 0.2) is 23.2 Å². The van der Waals surface area contributed by atoms with Gasteiger partial charge in [-0.3, -0.25) is 0 Å². The van der Waals surface area contributed by atoms with E-state index < -0.39 is 9.84 Å². The Morgan fingerprint density at radius 3 is 2.80 bits per heavy atom. The lowest BCUT2D eigenvalue weighted by Gasteiger charge is -2.15. The van der Waals surface area contributed by atoms with Crippen LogP contribution in [0, 0.1) is 5.92 Å². The van der Waals surface area contributed by atoms with Gasteiger partial charge in [-0.15, -0.1) is 0 Å². The molecule has 0 spiro atoms. The molecule has 4 rings (SSSR count). The summed E-state index contributed by atoms with van der Waals surface area (Å²) in [6, 6.07) is 6.31. The van der Waals surface area contributed by atoms with Crippen molar-refractivity contribution in [2.45, 2.75) is 31.8 Å². The lowest BCUT2D eigenvalue weighted by atomic mass is 10.1. The van der Waals surface area contributed by atoms with Gasteiger partial charge >= 0.3 is 0 Å². The van der Waals surface area contributed by atoms with Crippen molar-refractivity contribution in [3.8, 4) is 11.5 Å². The lowest BCUT2D eigenvalue weighted by molar-refractivity contribution is 0.174. The van der Waals surface area contributed by atoms with E-state index in [0.29, 0.717) is 24.9 Å². The Bertz CT molecular complexity index is 774. The van der Waals surface area contributed by atoms with Gasteiger partial charge < -0.3 is 20.1 Å². The summed E-state index contributed by atoms with van der Waals surface area (Å²) in [5.41, 5.74) is 1.05. The number of hydrogen-bond donors (Lipinski definition) is 2. The molecule has 2 fully saturated rings. The molecule has 0 amide bonds. The molecule has 1 saturated carbocycles. The van der Waals surface area contributed by atoms with Crippen molar-refractivity contribution in [3.05, 3.63) is 23.8 Å². The van der Waals surface area contributed by atoms with Gasteiger partial charge in [-0.1, -0.05) is 6.07 Å². The molecule has 1 aromatic carbocycles. The molecule has 8 heteroatoms. The molecule has 136 valence electrons. The zero-order valence-electron chi connectivity index (χ0n) is 14.0. The molecule has 3 aliphatic rings. The maximum Gasteiger partial charge on any atom is 0.231 e. The van der Waals surface area contributed by atoms with Gasteiger partial charge in [0.15, 0.2) is 27.3 Å². The summed E-state index contributed by atoms with van der Waals surface area (Å²) < 4.78 is 33.9. The van der Waals surface area contributed by atoms with Crippen LogP contribution < -0.4 is 20.1 Å². The Kier molecular flexibility index (Phi) is 4.45. The van der Waals surface area contributed by atoms with Gasteiger partial charge in [0, 0.05) is 12.6 Å². The maximum absolute atomic E-state index is 11.6. The largest absolute Gasteiger partial charge is 0.454 e. The van der Waals surface area contributed by atoms with E-state index in [2.05, 4.69) is 15.6 Å². The van der Waals surface area contributed by atoms with Gasteiger partial charge in [-0.2, -0.15) is 0 Å². The molecule has 1 aromatic rings. The second-order valence-electron chi connectivity index (χ2n) is 6.92. The third kappa shape index (κ3) is 4.36. The number of nitrogens with zero attached hydrogens (tertiary/aromatic N) is 1. The highest BCUT2D eigenvalue weighted by atomic mass is 32.2. The number of aliphatic imine (C=N–C) groups is 1. The van der Waals surface area contributed by atoms with E-state index in [0.717, 1.165) is 42.3 Å². The number of sulfone groups is 1. The Labute approximate surface area is 147 Å². The fourth-order valence-corrected chi connectivity index (χ4v) is 4.92.